The number of fused-ring (bicyclic) bond motifs is 1. The summed E-state index contributed by atoms with van der Waals surface area (Å²) in [5, 5.41) is 16.0. The fourth-order valence-corrected chi connectivity index (χ4v) is 4.77. The number of methoxy groups -OCH3 is 1. The summed E-state index contributed by atoms with van der Waals surface area (Å²) in [6.07, 6.45) is -10.9. The fraction of sp³-hybridized carbons (Fsp3) is 0.182. The number of amides is 2. The third-order valence-electron chi connectivity index (χ3n) is 7.10. The average molecular weight is 701 g/mol. The van der Waals surface area contributed by atoms with Gasteiger partial charge < -0.3 is 24.8 Å². The van der Waals surface area contributed by atoms with E-state index in [1.54, 1.807) is 48.5 Å². The van der Waals surface area contributed by atoms with Crippen LogP contribution in [0.15, 0.2) is 84.9 Å². The van der Waals surface area contributed by atoms with Crippen molar-refractivity contribution in [3.05, 3.63) is 102 Å². The van der Waals surface area contributed by atoms with Crippen LogP contribution in [0.2, 0.25) is 0 Å². The largest absolute Gasteiger partial charge is 0.495 e. The molecule has 0 unspecified atom stereocenters. The third-order valence-corrected chi connectivity index (χ3v) is 7.10. The molecule has 17 heteroatoms. The van der Waals surface area contributed by atoms with Gasteiger partial charge >= 0.3 is 30.4 Å². The Hall–Kier alpha value is -6.13. The van der Waals surface area contributed by atoms with Crippen LogP contribution < -0.4 is 25.0 Å². The second-order valence-corrected chi connectivity index (χ2v) is 10.6. The summed E-state index contributed by atoms with van der Waals surface area (Å²) >= 11 is 0. The Balaban J connectivity index is 1.56. The van der Waals surface area contributed by atoms with Crippen LogP contribution in [0, 0.1) is 0 Å². The minimum absolute atomic E-state index is 0.0262. The van der Waals surface area contributed by atoms with Gasteiger partial charge in [-0.3, -0.25) is 10.1 Å². The van der Waals surface area contributed by atoms with E-state index in [1.807, 2.05) is 18.2 Å². The molecule has 0 aliphatic rings. The number of alkyl halides is 6. The first-order chi connectivity index (χ1) is 23.7. The lowest BCUT2D eigenvalue weighted by Gasteiger charge is -2.25. The number of aliphatic carboxylic acids is 1. The van der Waals surface area contributed by atoms with Crippen molar-refractivity contribution in [3.63, 3.8) is 0 Å². The lowest BCUT2D eigenvalue weighted by atomic mass is 10.0. The lowest BCUT2D eigenvalue weighted by Crippen LogP contribution is -2.30. The summed E-state index contributed by atoms with van der Waals surface area (Å²) in [6.45, 7) is -1.29. The Morgan fingerprint density at radius 2 is 1.54 bits per heavy atom. The van der Waals surface area contributed by atoms with E-state index < -0.39 is 78.5 Å². The number of carbonyl (C=O) groups is 2. The topological polar surface area (TPSA) is 139 Å². The second kappa shape index (κ2) is 14.6. The number of hydrogen-bond acceptors (Lipinski definition) is 8. The van der Waals surface area contributed by atoms with Crippen LogP contribution in [-0.2, 0) is 23.7 Å². The van der Waals surface area contributed by atoms with Crippen molar-refractivity contribution in [1.29, 1.82) is 0 Å². The summed E-state index contributed by atoms with van der Waals surface area (Å²) in [4.78, 5) is 38.0. The molecule has 5 aromatic rings. The molecule has 0 saturated heterocycles. The molecule has 0 aliphatic carbocycles. The smallest absolute Gasteiger partial charge is 0.416 e. The van der Waals surface area contributed by atoms with Gasteiger partial charge in [0.1, 0.15) is 11.5 Å². The summed E-state index contributed by atoms with van der Waals surface area (Å²) < 4.78 is 93.2. The first-order valence-electron chi connectivity index (χ1n) is 14.6. The first kappa shape index (κ1) is 35.2. The molecule has 0 radical (unpaired) electrons. The molecule has 4 aromatic carbocycles. The maximum atomic E-state index is 14.0. The van der Waals surface area contributed by atoms with Crippen LogP contribution in [0.4, 0.5) is 48.7 Å². The van der Waals surface area contributed by atoms with Crippen LogP contribution >= 0.6 is 0 Å². The van der Waals surface area contributed by atoms with E-state index in [9.17, 15) is 41.0 Å². The molecule has 0 spiro atoms. The number of carbonyl (C=O) groups excluding carboxylic acids is 1. The highest BCUT2D eigenvalue weighted by molar-refractivity contribution is 5.99. The molecule has 50 heavy (non-hydrogen) atoms. The zero-order valence-electron chi connectivity index (χ0n) is 25.8. The van der Waals surface area contributed by atoms with Gasteiger partial charge in [0.15, 0.2) is 0 Å². The number of ether oxygens (including phenoxy) is 2. The van der Waals surface area contributed by atoms with Gasteiger partial charge in [-0.2, -0.15) is 41.3 Å². The van der Waals surface area contributed by atoms with Crippen LogP contribution in [0.25, 0.3) is 10.8 Å². The van der Waals surface area contributed by atoms with E-state index >= 15 is 0 Å². The molecule has 3 N–H and O–H groups in total. The Labute approximate surface area is 279 Å². The standard InChI is InChI=1S/C33H26F6N6O5/c1-49-26-9-5-4-8-25(26)40-30(48)42-28-41-29(44-31(43-28)50-23-13-11-19-6-2-3-7-20(19)16-23)45(15-14-27(46)47)18-21-10-12-22(32(34,35)36)17-24(21)33(37,38)39/h2-13,16-17H,14-15,18H2,1H3,(H,46,47)(H2,40,41,42,43,44,48). The molecule has 0 aliphatic heterocycles. The van der Waals surface area contributed by atoms with Gasteiger partial charge in [0.2, 0.25) is 11.9 Å². The van der Waals surface area contributed by atoms with Crippen molar-refractivity contribution in [2.45, 2.75) is 25.3 Å². The summed E-state index contributed by atoms with van der Waals surface area (Å²) in [6, 6.07) is 18.5. The molecule has 0 saturated carbocycles. The monoisotopic (exact) mass is 700 g/mol. The minimum Gasteiger partial charge on any atom is -0.495 e. The number of hydrogen-bond donors (Lipinski definition) is 3. The molecule has 11 nitrogen and oxygen atoms in total. The summed E-state index contributed by atoms with van der Waals surface area (Å²) in [5.74, 6) is -1.70. The number of urea groups is 1. The Bertz CT molecular complexity index is 2020. The van der Waals surface area contributed by atoms with E-state index in [2.05, 4.69) is 25.6 Å². The number of nitrogens with zero attached hydrogens (tertiary/aromatic N) is 4. The zero-order chi connectivity index (χ0) is 36.1. The van der Waals surface area contributed by atoms with Gasteiger partial charge in [-0.15, -0.1) is 0 Å². The van der Waals surface area contributed by atoms with Gasteiger partial charge in [0, 0.05) is 13.1 Å². The predicted octanol–water partition coefficient (Wildman–Crippen LogP) is 7.99. The van der Waals surface area contributed by atoms with Gasteiger partial charge in [-0.25, -0.2) is 4.79 Å². The van der Waals surface area contributed by atoms with Crippen LogP contribution in [0.1, 0.15) is 23.1 Å². The van der Waals surface area contributed by atoms with Crippen molar-refractivity contribution in [2.24, 2.45) is 0 Å². The molecule has 0 atom stereocenters. The number of carboxylic acid groups (broad SMARTS) is 1. The number of para-hydroxylation sites is 2. The number of rotatable bonds is 11. The quantitative estimate of drug-likeness (QED) is 0.117. The SMILES string of the molecule is COc1ccccc1NC(=O)Nc1nc(Oc2ccc3ccccc3c2)nc(N(CCC(=O)O)Cc2ccc(C(F)(F)F)cc2C(F)(F)F)n1. The van der Waals surface area contributed by atoms with Crippen molar-refractivity contribution in [3.8, 4) is 17.5 Å². The Kier molecular flexibility index (Phi) is 10.2. The molecule has 5 rings (SSSR count). The molecule has 1 heterocycles. The van der Waals surface area contributed by atoms with Crippen molar-refractivity contribution >= 4 is 40.4 Å². The zero-order valence-corrected chi connectivity index (χ0v) is 25.8. The molecule has 0 bridgehead atoms. The van der Waals surface area contributed by atoms with Crippen molar-refractivity contribution in [1.82, 2.24) is 15.0 Å². The maximum Gasteiger partial charge on any atom is 0.416 e. The minimum atomic E-state index is -5.21. The van der Waals surface area contributed by atoms with E-state index in [1.165, 1.54) is 7.11 Å². The highest BCUT2D eigenvalue weighted by atomic mass is 19.4. The van der Waals surface area contributed by atoms with Crippen LogP contribution in [-0.4, -0.2) is 45.7 Å². The number of anilines is 3. The molecular weight excluding hydrogens is 674 g/mol. The van der Waals surface area contributed by atoms with Gasteiger partial charge in [0.05, 0.1) is 30.3 Å². The maximum absolute atomic E-state index is 14.0. The van der Waals surface area contributed by atoms with Crippen LogP contribution in [0.5, 0.6) is 17.5 Å². The number of aromatic nitrogens is 3. The molecule has 2 amide bonds. The Morgan fingerprint density at radius 3 is 2.24 bits per heavy atom. The van der Waals surface area contributed by atoms with E-state index in [4.69, 9.17) is 9.47 Å². The van der Waals surface area contributed by atoms with Crippen molar-refractivity contribution in [2.75, 3.05) is 29.2 Å². The number of carboxylic acids is 1. The summed E-state index contributed by atoms with van der Waals surface area (Å²) in [5.41, 5.74) is -3.48. The predicted molar refractivity (Wildman–Crippen MR) is 169 cm³/mol. The second-order valence-electron chi connectivity index (χ2n) is 10.6. The average Bonchev–Trinajstić information content (AvgIpc) is 3.05. The van der Waals surface area contributed by atoms with Gasteiger partial charge in [-0.05, 0) is 52.7 Å². The number of benzene rings is 4. The first-order valence-corrected chi connectivity index (χ1v) is 14.6. The number of halogens is 6. The molecule has 0 fully saturated rings. The molecule has 1 aromatic heterocycles. The van der Waals surface area contributed by atoms with Gasteiger partial charge in [-0.1, -0.05) is 48.5 Å². The van der Waals surface area contributed by atoms with E-state index in [-0.39, 0.29) is 17.5 Å². The highest BCUT2D eigenvalue weighted by Crippen LogP contribution is 2.38. The number of nitrogens with one attached hydrogen (secondary N) is 2. The normalized spacial score (nSPS) is 11.6. The van der Waals surface area contributed by atoms with E-state index in [0.29, 0.717) is 17.9 Å². The van der Waals surface area contributed by atoms with Gasteiger partial charge in [0.25, 0.3) is 0 Å². The molecular formula is C33H26F6N6O5. The Morgan fingerprint density at radius 1 is 0.820 bits per heavy atom. The van der Waals surface area contributed by atoms with Crippen LogP contribution in [0.3, 0.4) is 0 Å². The third kappa shape index (κ3) is 8.86. The summed E-state index contributed by atoms with van der Waals surface area (Å²) in [7, 11) is 1.39. The lowest BCUT2D eigenvalue weighted by molar-refractivity contribution is -0.143. The molecule has 260 valence electrons. The van der Waals surface area contributed by atoms with E-state index in [0.717, 1.165) is 15.7 Å². The fourth-order valence-electron chi connectivity index (χ4n) is 4.77. The highest BCUT2D eigenvalue weighted by Gasteiger charge is 2.38. The van der Waals surface area contributed by atoms with Crippen molar-refractivity contribution < 1.29 is 50.5 Å².